The summed E-state index contributed by atoms with van der Waals surface area (Å²) in [6, 6.07) is 8.51. The lowest BCUT2D eigenvalue weighted by molar-refractivity contribution is -0.142. The van der Waals surface area contributed by atoms with Crippen molar-refractivity contribution in [3.63, 3.8) is 0 Å². The van der Waals surface area contributed by atoms with Crippen LogP contribution in [0.15, 0.2) is 41.3 Å². The number of aliphatic hydroxyl groups is 1. The molecule has 2 heterocycles. The lowest BCUT2D eigenvalue weighted by Crippen LogP contribution is -2.34. The Labute approximate surface area is 216 Å². The number of nitrogens with one attached hydrogen (secondary N) is 2. The topological polar surface area (TPSA) is 147 Å². The first-order valence-corrected chi connectivity index (χ1v) is 13.2. The van der Waals surface area contributed by atoms with E-state index in [0.717, 1.165) is 13.3 Å². The molecule has 14 heteroatoms. The van der Waals surface area contributed by atoms with E-state index in [0.29, 0.717) is 18.5 Å². The second-order valence-electron chi connectivity index (χ2n) is 8.87. The molecule has 1 unspecified atom stereocenters. The van der Waals surface area contributed by atoms with Gasteiger partial charge in [0.05, 0.1) is 22.5 Å². The largest absolute Gasteiger partial charge is 0.478 e. The van der Waals surface area contributed by atoms with Crippen LogP contribution in [0.4, 0.5) is 18.9 Å². The SMILES string of the molecule is COc1nc(C2(O)CCC2)ccc1Oc1nnc(C(F)(F)F)c(C)c1C(=O)Nc1cccc(S(C)(=N)=O)c1. The molecule has 0 aliphatic heterocycles. The maximum absolute atomic E-state index is 13.6. The van der Waals surface area contributed by atoms with Gasteiger partial charge in [-0.3, -0.25) is 4.79 Å². The molecule has 1 atom stereocenters. The molecule has 1 aliphatic carbocycles. The Morgan fingerprint density at radius 2 is 1.89 bits per heavy atom. The van der Waals surface area contributed by atoms with Gasteiger partial charge in [0.1, 0.15) is 11.2 Å². The molecule has 0 saturated heterocycles. The van der Waals surface area contributed by atoms with E-state index >= 15 is 0 Å². The van der Waals surface area contributed by atoms with E-state index < -0.39 is 50.1 Å². The molecule has 202 valence electrons. The fraction of sp³-hybridized carbons (Fsp3) is 0.333. The number of pyridine rings is 1. The van der Waals surface area contributed by atoms with Crippen LogP contribution >= 0.6 is 0 Å². The number of halogens is 3. The summed E-state index contributed by atoms with van der Waals surface area (Å²) < 4.78 is 71.5. The number of aromatic nitrogens is 3. The quantitative estimate of drug-likeness (QED) is 0.384. The molecule has 1 aliphatic rings. The van der Waals surface area contributed by atoms with Crippen molar-refractivity contribution in [2.45, 2.75) is 42.9 Å². The fourth-order valence-corrected chi connectivity index (χ4v) is 4.59. The van der Waals surface area contributed by atoms with E-state index in [1.807, 2.05) is 0 Å². The zero-order chi connectivity index (χ0) is 27.9. The van der Waals surface area contributed by atoms with Gasteiger partial charge in [0.15, 0.2) is 11.4 Å². The van der Waals surface area contributed by atoms with Gasteiger partial charge in [0, 0.05) is 16.8 Å². The average Bonchev–Trinajstić information content (AvgIpc) is 2.81. The lowest BCUT2D eigenvalue weighted by atomic mass is 9.77. The van der Waals surface area contributed by atoms with Gasteiger partial charge in [-0.05, 0) is 62.1 Å². The maximum Gasteiger partial charge on any atom is 0.435 e. The number of ether oxygens (including phenoxy) is 2. The van der Waals surface area contributed by atoms with E-state index in [9.17, 15) is 27.3 Å². The van der Waals surface area contributed by atoms with E-state index in [4.69, 9.17) is 14.3 Å². The molecule has 3 N–H and O–H groups in total. The third kappa shape index (κ3) is 5.41. The molecule has 4 rings (SSSR count). The summed E-state index contributed by atoms with van der Waals surface area (Å²) >= 11 is 0. The van der Waals surface area contributed by atoms with Gasteiger partial charge in [-0.25, -0.2) is 14.0 Å². The number of rotatable bonds is 7. The molecule has 1 fully saturated rings. The third-order valence-electron chi connectivity index (χ3n) is 6.10. The van der Waals surface area contributed by atoms with Crippen LogP contribution in [0, 0.1) is 11.7 Å². The monoisotopic (exact) mass is 551 g/mol. The Hall–Kier alpha value is -3.78. The Morgan fingerprint density at radius 1 is 1.18 bits per heavy atom. The smallest absolute Gasteiger partial charge is 0.435 e. The van der Waals surface area contributed by atoms with Crippen LogP contribution in [-0.2, 0) is 21.5 Å². The van der Waals surface area contributed by atoms with E-state index in [1.165, 1.54) is 49.8 Å². The number of hydrogen-bond acceptors (Lipinski definition) is 9. The molecule has 3 aromatic rings. The van der Waals surface area contributed by atoms with Crippen molar-refractivity contribution in [1.29, 1.82) is 4.78 Å². The first-order valence-electron chi connectivity index (χ1n) is 11.3. The van der Waals surface area contributed by atoms with Gasteiger partial charge in [-0.2, -0.15) is 13.2 Å². The first-order chi connectivity index (χ1) is 17.7. The van der Waals surface area contributed by atoms with E-state index in [-0.39, 0.29) is 22.2 Å². The molecule has 1 aromatic carbocycles. The highest BCUT2D eigenvalue weighted by molar-refractivity contribution is 7.91. The van der Waals surface area contributed by atoms with Gasteiger partial charge < -0.3 is 19.9 Å². The van der Waals surface area contributed by atoms with Gasteiger partial charge in [0.25, 0.3) is 17.7 Å². The molecule has 10 nitrogen and oxygen atoms in total. The number of nitrogens with zero attached hydrogens (tertiary/aromatic N) is 3. The summed E-state index contributed by atoms with van der Waals surface area (Å²) in [6.07, 6.45) is -1.83. The van der Waals surface area contributed by atoms with Crippen molar-refractivity contribution < 1.29 is 36.8 Å². The standard InChI is InChI=1S/C24H24F3N5O5S/c1-13-18(20(33)29-14-6-4-7-15(12-14)38(3,28)35)22(32-31-19(13)24(25,26)27)37-16-8-9-17(30-21(16)36-2)23(34)10-5-11-23/h4,6-9,12,28,34H,5,10-11H2,1-3H3,(H,29,33). The van der Waals surface area contributed by atoms with Gasteiger partial charge in [-0.15, -0.1) is 10.2 Å². The van der Waals surface area contributed by atoms with Crippen molar-refractivity contribution in [3.8, 4) is 17.5 Å². The van der Waals surface area contributed by atoms with Crippen LogP contribution in [0.2, 0.25) is 0 Å². The predicted molar refractivity (Wildman–Crippen MR) is 130 cm³/mol. The van der Waals surface area contributed by atoms with Crippen LogP contribution in [0.1, 0.15) is 46.6 Å². The maximum atomic E-state index is 13.6. The summed E-state index contributed by atoms with van der Waals surface area (Å²) in [5.41, 5.74) is -3.12. The second kappa shape index (κ2) is 9.83. The first kappa shape index (κ1) is 27.3. The van der Waals surface area contributed by atoms with Gasteiger partial charge in [0.2, 0.25) is 0 Å². The van der Waals surface area contributed by atoms with Crippen molar-refractivity contribution >= 4 is 21.3 Å². The molecule has 0 bridgehead atoms. The molecule has 38 heavy (non-hydrogen) atoms. The van der Waals surface area contributed by atoms with Crippen LogP contribution in [0.25, 0.3) is 0 Å². The number of benzene rings is 1. The van der Waals surface area contributed by atoms with Gasteiger partial charge in [-0.1, -0.05) is 6.07 Å². The summed E-state index contributed by atoms with van der Waals surface area (Å²) in [4.78, 5) is 17.6. The molecular formula is C24H24F3N5O5S. The molecule has 2 aromatic heterocycles. The summed E-state index contributed by atoms with van der Waals surface area (Å²) in [7, 11) is -1.82. The minimum Gasteiger partial charge on any atom is -0.478 e. The van der Waals surface area contributed by atoms with E-state index in [2.05, 4.69) is 20.5 Å². The number of methoxy groups -OCH3 is 1. The number of hydrogen-bond donors (Lipinski definition) is 3. The van der Waals surface area contributed by atoms with Crippen molar-refractivity contribution in [3.05, 3.63) is 58.9 Å². The van der Waals surface area contributed by atoms with Crippen LogP contribution in [0.5, 0.6) is 17.5 Å². The highest BCUT2D eigenvalue weighted by atomic mass is 32.2. The second-order valence-corrected chi connectivity index (χ2v) is 11.0. The normalized spacial score (nSPS) is 16.2. The average molecular weight is 552 g/mol. The molecule has 1 amide bonds. The Kier molecular flexibility index (Phi) is 7.05. The number of carbonyl (C=O) groups is 1. The highest BCUT2D eigenvalue weighted by Crippen LogP contribution is 2.43. The lowest BCUT2D eigenvalue weighted by Gasteiger charge is -2.36. The van der Waals surface area contributed by atoms with E-state index in [1.54, 1.807) is 0 Å². The Balaban J connectivity index is 1.75. The Morgan fingerprint density at radius 3 is 2.47 bits per heavy atom. The van der Waals surface area contributed by atoms with Crippen molar-refractivity contribution in [2.75, 3.05) is 18.7 Å². The number of amides is 1. The third-order valence-corrected chi connectivity index (χ3v) is 7.26. The molecular weight excluding hydrogens is 527 g/mol. The summed E-state index contributed by atoms with van der Waals surface area (Å²) in [5, 5.41) is 19.8. The number of alkyl halides is 3. The number of anilines is 1. The summed E-state index contributed by atoms with van der Waals surface area (Å²) in [5.74, 6) is -1.69. The van der Waals surface area contributed by atoms with Crippen LogP contribution < -0.4 is 14.8 Å². The molecule has 1 saturated carbocycles. The fourth-order valence-electron chi connectivity index (χ4n) is 3.90. The van der Waals surface area contributed by atoms with Gasteiger partial charge >= 0.3 is 6.18 Å². The van der Waals surface area contributed by atoms with Crippen molar-refractivity contribution in [2.24, 2.45) is 0 Å². The predicted octanol–water partition coefficient (Wildman–Crippen LogP) is 4.66. The number of carbonyl (C=O) groups excluding carboxylic acids is 1. The molecule has 0 radical (unpaired) electrons. The molecule has 0 spiro atoms. The highest BCUT2D eigenvalue weighted by Gasteiger charge is 2.39. The van der Waals surface area contributed by atoms with Crippen LogP contribution in [0.3, 0.4) is 0 Å². The van der Waals surface area contributed by atoms with Crippen LogP contribution in [-0.4, -0.2) is 43.8 Å². The zero-order valence-corrected chi connectivity index (χ0v) is 21.4. The van der Waals surface area contributed by atoms with Crippen molar-refractivity contribution in [1.82, 2.24) is 15.2 Å². The Bertz CT molecular complexity index is 1510. The minimum absolute atomic E-state index is 0.0661. The minimum atomic E-state index is -4.90. The zero-order valence-electron chi connectivity index (χ0n) is 20.5. The summed E-state index contributed by atoms with van der Waals surface area (Å²) in [6.45, 7) is 1.06.